The van der Waals surface area contributed by atoms with Gasteiger partial charge in [-0.3, -0.25) is 4.68 Å². The summed E-state index contributed by atoms with van der Waals surface area (Å²) in [6.07, 6.45) is 1.23. The summed E-state index contributed by atoms with van der Waals surface area (Å²) in [6.45, 7) is 3.46. The van der Waals surface area contributed by atoms with Crippen LogP contribution in [0.15, 0.2) is 16.4 Å². The van der Waals surface area contributed by atoms with E-state index in [0.29, 0.717) is 0 Å². The number of hydrogen-bond donors (Lipinski definition) is 3. The average molecular weight is 310 g/mol. The first kappa shape index (κ1) is 15.7. The van der Waals surface area contributed by atoms with Gasteiger partial charge in [0.15, 0.2) is 10.9 Å². The Hall–Kier alpha value is -1.32. The lowest BCUT2D eigenvalue weighted by Crippen LogP contribution is -2.48. The van der Waals surface area contributed by atoms with Gasteiger partial charge in [0, 0.05) is 7.05 Å². The Morgan fingerprint density at radius 2 is 2.21 bits per heavy atom. The summed E-state index contributed by atoms with van der Waals surface area (Å²) in [4.78, 5) is 0. The standard InChI is InChI=1S/C9H16ClN5O3S/c1-5(2)7(8(11)13-16)14-19(17,18)9-6(10)4-12-15(9)3/h4-5,7,14,16H,1-3H3,(H2,11,13). The van der Waals surface area contributed by atoms with Gasteiger partial charge in [0.25, 0.3) is 10.0 Å². The van der Waals surface area contributed by atoms with E-state index in [0.717, 1.165) is 4.68 Å². The number of halogens is 1. The molecular weight excluding hydrogens is 294 g/mol. The zero-order valence-electron chi connectivity index (χ0n) is 10.7. The SMILES string of the molecule is CC(C)C(NS(=O)(=O)c1c(Cl)cnn1C)C(N)=NO. The van der Waals surface area contributed by atoms with Gasteiger partial charge in [-0.1, -0.05) is 30.6 Å². The first-order valence-corrected chi connectivity index (χ1v) is 7.24. The molecule has 1 aromatic heterocycles. The molecule has 4 N–H and O–H groups in total. The zero-order chi connectivity index (χ0) is 14.8. The van der Waals surface area contributed by atoms with E-state index in [1.165, 1.54) is 13.2 Å². The van der Waals surface area contributed by atoms with Crippen molar-refractivity contribution in [1.82, 2.24) is 14.5 Å². The Bertz CT molecular complexity index is 561. The second kappa shape index (κ2) is 5.76. The molecule has 0 fully saturated rings. The van der Waals surface area contributed by atoms with Crippen LogP contribution in [0.5, 0.6) is 0 Å². The molecule has 0 saturated heterocycles. The van der Waals surface area contributed by atoms with E-state index in [-0.39, 0.29) is 21.8 Å². The second-order valence-corrected chi connectivity index (χ2v) is 6.33. The number of amidine groups is 1. The fourth-order valence-corrected chi connectivity index (χ4v) is 3.54. The molecule has 1 aromatic rings. The minimum Gasteiger partial charge on any atom is -0.409 e. The zero-order valence-corrected chi connectivity index (χ0v) is 12.3. The van der Waals surface area contributed by atoms with Crippen LogP contribution >= 0.6 is 11.6 Å². The lowest BCUT2D eigenvalue weighted by Gasteiger charge is -2.20. The van der Waals surface area contributed by atoms with E-state index < -0.39 is 16.1 Å². The van der Waals surface area contributed by atoms with Crippen molar-refractivity contribution in [3.63, 3.8) is 0 Å². The van der Waals surface area contributed by atoms with Crippen molar-refractivity contribution in [2.75, 3.05) is 0 Å². The van der Waals surface area contributed by atoms with E-state index >= 15 is 0 Å². The monoisotopic (exact) mass is 309 g/mol. The summed E-state index contributed by atoms with van der Waals surface area (Å²) in [6, 6.07) is -0.846. The fraction of sp³-hybridized carbons (Fsp3) is 0.556. The molecule has 0 radical (unpaired) electrons. The molecule has 0 saturated carbocycles. The van der Waals surface area contributed by atoms with Gasteiger partial charge in [-0.05, 0) is 5.92 Å². The van der Waals surface area contributed by atoms with Crippen LogP contribution in [0, 0.1) is 5.92 Å². The largest absolute Gasteiger partial charge is 0.409 e. The molecule has 0 aromatic carbocycles. The predicted octanol–water partition coefficient (Wildman–Crippen LogP) is 0.123. The maximum absolute atomic E-state index is 12.2. The lowest BCUT2D eigenvalue weighted by atomic mass is 10.1. The third-order valence-corrected chi connectivity index (χ3v) is 4.43. The molecule has 0 aliphatic carbocycles. The molecule has 1 heterocycles. The quantitative estimate of drug-likeness (QED) is 0.308. The highest BCUT2D eigenvalue weighted by atomic mass is 35.5. The Morgan fingerprint density at radius 3 is 2.58 bits per heavy atom. The number of nitrogens with one attached hydrogen (secondary N) is 1. The Balaban J connectivity index is 3.16. The molecule has 0 aliphatic heterocycles. The van der Waals surface area contributed by atoms with Gasteiger partial charge in [0.2, 0.25) is 0 Å². The number of aromatic nitrogens is 2. The third kappa shape index (κ3) is 3.37. The van der Waals surface area contributed by atoms with Crippen molar-refractivity contribution in [2.45, 2.75) is 24.9 Å². The van der Waals surface area contributed by atoms with Crippen molar-refractivity contribution in [3.8, 4) is 0 Å². The van der Waals surface area contributed by atoms with Gasteiger partial charge in [-0.15, -0.1) is 0 Å². The fourth-order valence-electron chi connectivity index (χ4n) is 1.52. The highest BCUT2D eigenvalue weighted by Gasteiger charge is 2.29. The van der Waals surface area contributed by atoms with Crippen LogP contribution in [0.4, 0.5) is 0 Å². The lowest BCUT2D eigenvalue weighted by molar-refractivity contribution is 0.313. The van der Waals surface area contributed by atoms with Crippen LogP contribution in [0.3, 0.4) is 0 Å². The highest BCUT2D eigenvalue weighted by Crippen LogP contribution is 2.20. The Kier molecular flexibility index (Phi) is 4.77. The maximum Gasteiger partial charge on any atom is 0.259 e. The number of rotatable bonds is 5. The Labute approximate surface area is 116 Å². The molecule has 0 aliphatic rings. The normalized spacial score (nSPS) is 14.9. The first-order valence-electron chi connectivity index (χ1n) is 5.38. The molecule has 0 bridgehead atoms. The number of nitrogens with two attached hydrogens (primary N) is 1. The number of nitrogens with zero attached hydrogens (tertiary/aromatic N) is 3. The van der Waals surface area contributed by atoms with Crippen LogP contribution in [-0.2, 0) is 17.1 Å². The number of sulfonamides is 1. The van der Waals surface area contributed by atoms with Gasteiger partial charge in [0.05, 0.1) is 17.3 Å². The van der Waals surface area contributed by atoms with Crippen molar-refractivity contribution in [1.29, 1.82) is 0 Å². The summed E-state index contributed by atoms with van der Waals surface area (Å²) in [5, 5.41) is 15.1. The molecule has 1 rings (SSSR count). The highest BCUT2D eigenvalue weighted by molar-refractivity contribution is 7.89. The summed E-state index contributed by atoms with van der Waals surface area (Å²) >= 11 is 5.79. The van der Waals surface area contributed by atoms with Crippen LogP contribution in [-0.4, -0.2) is 35.3 Å². The molecule has 8 nitrogen and oxygen atoms in total. The molecule has 1 unspecified atom stereocenters. The van der Waals surface area contributed by atoms with Crippen LogP contribution in [0.2, 0.25) is 5.02 Å². The Morgan fingerprint density at radius 1 is 1.63 bits per heavy atom. The summed E-state index contributed by atoms with van der Waals surface area (Å²) in [5.41, 5.74) is 5.47. The number of aryl methyl sites for hydroxylation is 1. The van der Waals surface area contributed by atoms with Gasteiger partial charge in [-0.2, -0.15) is 9.82 Å². The smallest absolute Gasteiger partial charge is 0.259 e. The van der Waals surface area contributed by atoms with Crippen LogP contribution < -0.4 is 10.5 Å². The molecule has 1 atom stereocenters. The van der Waals surface area contributed by atoms with Gasteiger partial charge < -0.3 is 10.9 Å². The van der Waals surface area contributed by atoms with E-state index in [1.807, 2.05) is 0 Å². The second-order valence-electron chi connectivity index (χ2n) is 4.29. The number of hydrogen-bond acceptors (Lipinski definition) is 5. The summed E-state index contributed by atoms with van der Waals surface area (Å²) in [5.74, 6) is -0.436. The summed E-state index contributed by atoms with van der Waals surface area (Å²) in [7, 11) is -2.48. The minimum absolute atomic E-state index is 0.00276. The molecule has 0 spiro atoms. The number of oxime groups is 1. The molecule has 19 heavy (non-hydrogen) atoms. The van der Waals surface area contributed by atoms with E-state index in [1.54, 1.807) is 13.8 Å². The molecule has 10 heteroatoms. The van der Waals surface area contributed by atoms with Crippen molar-refractivity contribution >= 4 is 27.5 Å². The van der Waals surface area contributed by atoms with Crippen LogP contribution in [0.25, 0.3) is 0 Å². The summed E-state index contributed by atoms with van der Waals surface area (Å²) < 4.78 is 27.9. The molecule has 108 valence electrons. The van der Waals surface area contributed by atoms with E-state index in [9.17, 15) is 8.42 Å². The van der Waals surface area contributed by atoms with Crippen molar-refractivity contribution in [2.24, 2.45) is 23.9 Å². The van der Waals surface area contributed by atoms with Gasteiger partial charge in [0.1, 0.15) is 0 Å². The van der Waals surface area contributed by atoms with E-state index in [2.05, 4.69) is 15.0 Å². The minimum atomic E-state index is -3.93. The third-order valence-electron chi connectivity index (χ3n) is 2.48. The molecule has 0 amide bonds. The van der Waals surface area contributed by atoms with E-state index in [4.69, 9.17) is 22.5 Å². The van der Waals surface area contributed by atoms with Crippen molar-refractivity contribution < 1.29 is 13.6 Å². The van der Waals surface area contributed by atoms with Gasteiger partial charge in [-0.25, -0.2) is 8.42 Å². The molecular formula is C9H16ClN5O3S. The first-order chi connectivity index (χ1) is 8.70. The predicted molar refractivity (Wildman–Crippen MR) is 70.6 cm³/mol. The maximum atomic E-state index is 12.2. The van der Waals surface area contributed by atoms with Crippen molar-refractivity contribution in [3.05, 3.63) is 11.2 Å². The van der Waals surface area contributed by atoms with Gasteiger partial charge >= 0.3 is 0 Å². The average Bonchev–Trinajstić information content (AvgIpc) is 2.65. The van der Waals surface area contributed by atoms with Crippen LogP contribution in [0.1, 0.15) is 13.8 Å². The topological polar surface area (TPSA) is 123 Å².